The third kappa shape index (κ3) is 6.98. The van der Waals surface area contributed by atoms with Crippen molar-refractivity contribution < 1.29 is 43.6 Å². The van der Waals surface area contributed by atoms with E-state index in [1.165, 1.54) is 55.6 Å². The van der Waals surface area contributed by atoms with Crippen LogP contribution >= 0.6 is 15.9 Å². The van der Waals surface area contributed by atoms with Gasteiger partial charge in [0.15, 0.2) is 0 Å². The Kier molecular flexibility index (Phi) is 7.59. The normalized spacial score (nSPS) is 31.2. The second-order valence-corrected chi connectivity index (χ2v) is 5.21. The van der Waals surface area contributed by atoms with Gasteiger partial charge in [-0.3, -0.25) is 0 Å². The van der Waals surface area contributed by atoms with Crippen molar-refractivity contribution in [1.82, 2.24) is 0 Å². The molecule has 104 valence electrons. The Balaban J connectivity index is 0.000000373. The zero-order valence-corrected chi connectivity index (χ0v) is 12.6. The smallest absolute Gasteiger partial charge is 0.673 e. The summed E-state index contributed by atoms with van der Waals surface area (Å²) in [6, 6.07) is 0. The van der Waals surface area contributed by atoms with Crippen molar-refractivity contribution in [2.24, 2.45) is 0 Å². The number of alkyl halides is 1. The molecule has 0 aromatic carbocycles. The van der Waals surface area contributed by atoms with Gasteiger partial charge in [0.05, 0.1) is 11.9 Å². The topological polar surface area (TPSA) is 4.44 Å². The number of hydrogen-bond acceptors (Lipinski definition) is 0. The lowest BCUT2D eigenvalue weighted by Gasteiger charge is -2.47. The van der Waals surface area contributed by atoms with Crippen LogP contribution in [0.25, 0.3) is 0 Å². The van der Waals surface area contributed by atoms with Gasteiger partial charge in [0.25, 0.3) is 0 Å². The minimum absolute atomic E-state index is 0. The zero-order chi connectivity index (χ0) is 12.2. The van der Waals surface area contributed by atoms with E-state index in [9.17, 15) is 17.3 Å². The third-order valence-corrected chi connectivity index (χ3v) is 3.73. The predicted octanol–water partition coefficient (Wildman–Crippen LogP) is -2.59. The summed E-state index contributed by atoms with van der Waals surface area (Å²) < 4.78 is 40.4. The maximum absolute atomic E-state index is 9.75. The highest BCUT2D eigenvalue weighted by Gasteiger charge is 2.40. The van der Waals surface area contributed by atoms with Crippen LogP contribution in [0.1, 0.15) is 0 Å². The number of piperazine rings is 3. The molecule has 0 aliphatic carbocycles. The summed E-state index contributed by atoms with van der Waals surface area (Å²) in [5.41, 5.74) is 0. The molecule has 0 amide bonds. The van der Waals surface area contributed by atoms with Crippen LogP contribution in [-0.4, -0.2) is 62.9 Å². The fourth-order valence-corrected chi connectivity index (χ4v) is 3.16. The van der Waals surface area contributed by atoms with Crippen LogP contribution in [0.2, 0.25) is 0 Å². The van der Waals surface area contributed by atoms with Crippen LogP contribution in [0.5, 0.6) is 0 Å². The average molecular weight is 388 g/mol. The minimum Gasteiger partial charge on any atom is -1.00 e. The summed E-state index contributed by atoms with van der Waals surface area (Å²) in [5, 5.41) is 1.18. The van der Waals surface area contributed by atoms with Crippen LogP contribution in [-0.2, 0) is 0 Å². The van der Waals surface area contributed by atoms with Gasteiger partial charge in [-0.25, -0.2) is 0 Å². The van der Waals surface area contributed by atoms with E-state index in [0.29, 0.717) is 0 Å². The number of quaternary nitrogens is 2. The molecule has 0 saturated carbocycles. The van der Waals surface area contributed by atoms with Gasteiger partial charge in [-0.1, -0.05) is 15.9 Å². The van der Waals surface area contributed by atoms with E-state index in [4.69, 9.17) is 0 Å². The standard InChI is InChI=1S/C8H16BrN2.BF4.BrH/c9-1-5-11-6-2-10(3-7-11)4-8-11;2-1(3,4)5;/h1-8H2;;1H/q+1;-1;. The molecule has 2 bridgehead atoms. The van der Waals surface area contributed by atoms with Gasteiger partial charge in [-0.15, -0.1) is 0 Å². The molecule has 1 N–H and O–H groups in total. The van der Waals surface area contributed by atoms with Gasteiger partial charge in [-0.05, 0) is 0 Å². The van der Waals surface area contributed by atoms with Crippen LogP contribution in [0.3, 0.4) is 0 Å². The van der Waals surface area contributed by atoms with Crippen molar-refractivity contribution >= 4 is 23.2 Å². The molecule has 3 heterocycles. The van der Waals surface area contributed by atoms with E-state index in [-0.39, 0.29) is 17.0 Å². The van der Waals surface area contributed by atoms with Crippen LogP contribution < -0.4 is 21.9 Å². The quantitative estimate of drug-likeness (QED) is 0.230. The van der Waals surface area contributed by atoms with Gasteiger partial charge in [0.1, 0.15) is 39.3 Å². The first-order valence-corrected chi connectivity index (χ1v) is 6.59. The molecule has 17 heavy (non-hydrogen) atoms. The second-order valence-electron chi connectivity index (χ2n) is 4.42. The van der Waals surface area contributed by atoms with E-state index in [0.717, 1.165) is 0 Å². The number of fused-ring (bicyclic) bond motifs is 3. The molecule has 3 aliphatic rings. The Labute approximate surface area is 118 Å². The highest BCUT2D eigenvalue weighted by atomic mass is 79.9. The molecule has 9 heteroatoms. The molecular weight excluding hydrogens is 371 g/mol. The predicted molar refractivity (Wildman–Crippen MR) is 59.3 cm³/mol. The summed E-state index contributed by atoms with van der Waals surface area (Å²) in [6.45, 7) is 9.92. The van der Waals surface area contributed by atoms with E-state index in [2.05, 4.69) is 15.9 Å². The molecule has 0 radical (unpaired) electrons. The van der Waals surface area contributed by atoms with Gasteiger partial charge >= 0.3 is 7.25 Å². The van der Waals surface area contributed by atoms with Crippen LogP contribution in [0.4, 0.5) is 17.3 Å². The average Bonchev–Trinajstić information content (AvgIpc) is 2.18. The molecule has 3 rings (SSSR count). The highest BCUT2D eigenvalue weighted by molar-refractivity contribution is 9.09. The molecule has 2 nitrogen and oxygen atoms in total. The molecule has 3 aliphatic heterocycles. The molecule has 0 atom stereocenters. The molecule has 0 aromatic rings. The van der Waals surface area contributed by atoms with E-state index >= 15 is 0 Å². The molecule has 0 unspecified atom stereocenters. The molecule has 3 fully saturated rings. The fourth-order valence-electron chi connectivity index (χ4n) is 2.41. The van der Waals surface area contributed by atoms with Gasteiger partial charge in [0, 0.05) is 0 Å². The van der Waals surface area contributed by atoms with E-state index in [1.54, 1.807) is 0 Å². The Hall–Kier alpha value is 0.665. The second kappa shape index (κ2) is 7.30. The first kappa shape index (κ1) is 17.7. The third-order valence-electron chi connectivity index (χ3n) is 3.38. The zero-order valence-electron chi connectivity index (χ0n) is 9.45. The summed E-state index contributed by atoms with van der Waals surface area (Å²) in [5.74, 6) is 0. The highest BCUT2D eigenvalue weighted by Crippen LogP contribution is 2.10. The Morgan fingerprint density at radius 1 is 1.00 bits per heavy atom. The van der Waals surface area contributed by atoms with Gasteiger partial charge in [-0.2, -0.15) is 0 Å². The number of rotatable bonds is 2. The fraction of sp³-hybridized carbons (Fsp3) is 1.00. The first-order valence-electron chi connectivity index (χ1n) is 5.47. The first-order chi connectivity index (χ1) is 7.35. The van der Waals surface area contributed by atoms with Crippen molar-refractivity contribution in [3.05, 3.63) is 0 Å². The number of hydrogen-bond donors (Lipinski definition) is 1. The minimum atomic E-state index is -6.00. The van der Waals surface area contributed by atoms with E-state index in [1.807, 2.05) is 4.90 Å². The Morgan fingerprint density at radius 3 is 1.65 bits per heavy atom. The lowest BCUT2D eigenvalue weighted by molar-refractivity contribution is -1.07. The SMILES string of the molecule is BrCC[N+]12CC[NH+](CC1)CC2.F[B-](F)(F)F.[Br-]. The van der Waals surface area contributed by atoms with Crippen molar-refractivity contribution in [2.75, 3.05) is 51.1 Å². The van der Waals surface area contributed by atoms with Crippen molar-refractivity contribution in [3.63, 3.8) is 0 Å². The molecular formula is C8H17BBr2F4N2. The van der Waals surface area contributed by atoms with Gasteiger partial charge in [0.2, 0.25) is 0 Å². The molecule has 0 aromatic heterocycles. The molecule has 3 saturated heterocycles. The summed E-state index contributed by atoms with van der Waals surface area (Å²) >= 11 is 3.56. The van der Waals surface area contributed by atoms with Gasteiger partial charge < -0.3 is 43.6 Å². The van der Waals surface area contributed by atoms with Crippen molar-refractivity contribution in [2.45, 2.75) is 0 Å². The lowest BCUT2D eigenvalue weighted by Crippen LogP contribution is -3.19. The van der Waals surface area contributed by atoms with E-state index < -0.39 is 7.25 Å². The number of halogens is 6. The monoisotopic (exact) mass is 386 g/mol. The summed E-state index contributed by atoms with van der Waals surface area (Å²) in [7, 11) is -6.00. The Morgan fingerprint density at radius 2 is 1.35 bits per heavy atom. The maximum atomic E-state index is 9.75. The number of nitrogens with zero attached hydrogens (tertiary/aromatic N) is 1. The van der Waals surface area contributed by atoms with Crippen LogP contribution in [0.15, 0.2) is 0 Å². The Bertz CT molecular complexity index is 196. The largest absolute Gasteiger partial charge is 1.00 e. The molecule has 0 spiro atoms. The lowest BCUT2D eigenvalue weighted by atomic mass is 10.1. The summed E-state index contributed by atoms with van der Waals surface area (Å²) in [6.07, 6.45) is 0. The van der Waals surface area contributed by atoms with Crippen molar-refractivity contribution in [3.8, 4) is 0 Å². The summed E-state index contributed by atoms with van der Waals surface area (Å²) in [4.78, 5) is 1.85. The van der Waals surface area contributed by atoms with Crippen LogP contribution in [0, 0.1) is 0 Å². The maximum Gasteiger partial charge on any atom is 0.673 e. The van der Waals surface area contributed by atoms with Crippen molar-refractivity contribution in [1.29, 1.82) is 0 Å². The number of nitrogens with one attached hydrogen (secondary N) is 1.